The number of hydrogen-bond donors (Lipinski definition) is 1. The highest BCUT2D eigenvalue weighted by Gasteiger charge is 2.13. The van der Waals surface area contributed by atoms with E-state index >= 15 is 0 Å². The topological polar surface area (TPSA) is 66.8 Å². The van der Waals surface area contributed by atoms with Crippen LogP contribution in [0.2, 0.25) is 0 Å². The second-order valence-electron chi connectivity index (χ2n) is 4.12. The Kier molecular flexibility index (Phi) is 6.68. The van der Waals surface area contributed by atoms with E-state index in [0.29, 0.717) is 23.3 Å². The number of nitrogens with zero attached hydrogens (tertiary/aromatic N) is 1. The number of carbonyl (C=O) groups is 2. The minimum atomic E-state index is -1.06. The molecule has 112 valence electrons. The predicted molar refractivity (Wildman–Crippen MR) is 83.6 cm³/mol. The summed E-state index contributed by atoms with van der Waals surface area (Å²) in [6.07, 6.45) is 3.23. The van der Waals surface area contributed by atoms with E-state index in [1.54, 1.807) is 18.2 Å². The summed E-state index contributed by atoms with van der Waals surface area (Å²) in [6, 6.07) is 4.38. The van der Waals surface area contributed by atoms with Crippen LogP contribution in [0, 0.1) is 0 Å². The molecule has 0 aliphatic carbocycles. The molecule has 0 radical (unpaired) electrons. The van der Waals surface area contributed by atoms with Crippen LogP contribution >= 0.6 is 15.9 Å². The lowest BCUT2D eigenvalue weighted by Gasteiger charge is -2.19. The summed E-state index contributed by atoms with van der Waals surface area (Å²) in [4.78, 5) is 24.4. The van der Waals surface area contributed by atoms with E-state index in [4.69, 9.17) is 9.84 Å². The lowest BCUT2D eigenvalue weighted by Crippen LogP contribution is -2.35. The molecular formula is C15H16BrNO4. The molecule has 1 amide bonds. The first kappa shape index (κ1) is 17.0. The molecule has 1 aromatic carbocycles. The van der Waals surface area contributed by atoms with Gasteiger partial charge in [-0.3, -0.25) is 4.79 Å². The van der Waals surface area contributed by atoms with Crippen LogP contribution in [0.1, 0.15) is 10.4 Å². The Labute approximate surface area is 131 Å². The number of rotatable bonds is 8. The Morgan fingerprint density at radius 2 is 1.90 bits per heavy atom. The van der Waals surface area contributed by atoms with E-state index in [1.807, 2.05) is 0 Å². The molecule has 1 N–H and O–H groups in total. The molecule has 6 heteroatoms. The highest BCUT2D eigenvalue weighted by molar-refractivity contribution is 9.10. The lowest BCUT2D eigenvalue weighted by atomic mass is 10.2. The third kappa shape index (κ3) is 5.07. The molecule has 0 heterocycles. The van der Waals surface area contributed by atoms with E-state index in [1.165, 1.54) is 17.0 Å². The van der Waals surface area contributed by atoms with Crippen molar-refractivity contribution in [3.8, 4) is 5.75 Å². The minimum absolute atomic E-state index is 0.0923. The number of amides is 1. The van der Waals surface area contributed by atoms with Gasteiger partial charge in [-0.2, -0.15) is 0 Å². The van der Waals surface area contributed by atoms with Crippen LogP contribution in [-0.2, 0) is 4.79 Å². The van der Waals surface area contributed by atoms with E-state index in [-0.39, 0.29) is 18.1 Å². The van der Waals surface area contributed by atoms with Crippen LogP contribution in [0.4, 0.5) is 0 Å². The quantitative estimate of drug-likeness (QED) is 0.729. The van der Waals surface area contributed by atoms with Gasteiger partial charge in [-0.05, 0) is 34.1 Å². The van der Waals surface area contributed by atoms with Gasteiger partial charge in [0.2, 0.25) is 0 Å². The average Bonchev–Trinajstić information content (AvgIpc) is 2.45. The lowest BCUT2D eigenvalue weighted by molar-refractivity contribution is -0.132. The van der Waals surface area contributed by atoms with Crippen molar-refractivity contribution in [2.75, 3.05) is 19.7 Å². The average molecular weight is 354 g/mol. The predicted octanol–water partition coefficient (Wildman–Crippen LogP) is 2.73. The number of benzene rings is 1. The van der Waals surface area contributed by atoms with Gasteiger partial charge in [-0.25, -0.2) is 4.79 Å². The highest BCUT2D eigenvalue weighted by atomic mass is 79.9. The van der Waals surface area contributed by atoms with E-state index in [2.05, 4.69) is 29.1 Å². The van der Waals surface area contributed by atoms with Gasteiger partial charge in [0.15, 0.2) is 6.61 Å². The molecule has 0 bridgehead atoms. The normalized spacial score (nSPS) is 9.76. The standard InChI is InChI=1S/C15H16BrNO4/c1-3-7-17(8-4-2)14(18)10-21-13-9-11(15(19)20)5-6-12(13)16/h3-6,9H,1-2,7-8,10H2,(H,19,20). The van der Waals surface area contributed by atoms with Crippen molar-refractivity contribution in [3.05, 3.63) is 53.5 Å². The van der Waals surface area contributed by atoms with Gasteiger partial charge in [0, 0.05) is 13.1 Å². The molecule has 0 saturated carbocycles. The Bertz CT molecular complexity index is 547. The zero-order valence-corrected chi connectivity index (χ0v) is 13.0. The third-order valence-corrected chi connectivity index (χ3v) is 3.24. The van der Waals surface area contributed by atoms with Crippen LogP contribution in [0.5, 0.6) is 5.75 Å². The highest BCUT2D eigenvalue weighted by Crippen LogP contribution is 2.26. The van der Waals surface area contributed by atoms with Gasteiger partial charge in [-0.15, -0.1) is 13.2 Å². The van der Waals surface area contributed by atoms with Crippen LogP contribution in [0.15, 0.2) is 48.0 Å². The molecule has 0 unspecified atom stereocenters. The maximum Gasteiger partial charge on any atom is 0.335 e. The number of halogens is 1. The Morgan fingerprint density at radius 3 is 2.43 bits per heavy atom. The molecule has 5 nitrogen and oxygen atoms in total. The van der Waals surface area contributed by atoms with Crippen LogP contribution < -0.4 is 4.74 Å². The molecule has 21 heavy (non-hydrogen) atoms. The van der Waals surface area contributed by atoms with Gasteiger partial charge in [0.05, 0.1) is 10.0 Å². The van der Waals surface area contributed by atoms with Crippen molar-refractivity contribution in [1.82, 2.24) is 4.90 Å². The fourth-order valence-electron chi connectivity index (χ4n) is 1.57. The van der Waals surface area contributed by atoms with Crippen molar-refractivity contribution in [3.63, 3.8) is 0 Å². The van der Waals surface area contributed by atoms with E-state index in [9.17, 15) is 9.59 Å². The van der Waals surface area contributed by atoms with Crippen molar-refractivity contribution in [2.24, 2.45) is 0 Å². The third-order valence-electron chi connectivity index (χ3n) is 2.58. The van der Waals surface area contributed by atoms with Gasteiger partial charge in [-0.1, -0.05) is 12.2 Å². The number of carboxylic acids is 1. The van der Waals surface area contributed by atoms with E-state index in [0.717, 1.165) is 0 Å². The molecule has 0 spiro atoms. The van der Waals surface area contributed by atoms with Gasteiger partial charge in [0.25, 0.3) is 5.91 Å². The number of carboxylic acid groups (broad SMARTS) is 1. The molecule has 0 aliphatic heterocycles. The van der Waals surface area contributed by atoms with Crippen molar-refractivity contribution in [2.45, 2.75) is 0 Å². The Hall–Kier alpha value is -2.08. The van der Waals surface area contributed by atoms with Crippen LogP contribution in [0.25, 0.3) is 0 Å². The summed E-state index contributed by atoms with van der Waals surface area (Å²) >= 11 is 3.25. The summed E-state index contributed by atoms with van der Waals surface area (Å²) in [5.41, 5.74) is 0.0923. The first-order valence-electron chi connectivity index (χ1n) is 6.14. The number of hydrogen-bond acceptors (Lipinski definition) is 3. The molecule has 1 aromatic rings. The molecule has 0 saturated heterocycles. The largest absolute Gasteiger partial charge is 0.483 e. The zero-order chi connectivity index (χ0) is 15.8. The fourth-order valence-corrected chi connectivity index (χ4v) is 1.93. The summed E-state index contributed by atoms with van der Waals surface area (Å²) < 4.78 is 5.98. The second-order valence-corrected chi connectivity index (χ2v) is 4.97. The minimum Gasteiger partial charge on any atom is -0.483 e. The van der Waals surface area contributed by atoms with Gasteiger partial charge in [0.1, 0.15) is 5.75 Å². The van der Waals surface area contributed by atoms with E-state index < -0.39 is 5.97 Å². The van der Waals surface area contributed by atoms with Gasteiger partial charge < -0.3 is 14.7 Å². The first-order valence-corrected chi connectivity index (χ1v) is 6.94. The Balaban J connectivity index is 2.75. The van der Waals surface area contributed by atoms with Gasteiger partial charge >= 0.3 is 5.97 Å². The summed E-state index contributed by atoms with van der Waals surface area (Å²) in [5, 5.41) is 8.94. The SMILES string of the molecule is C=CCN(CC=C)C(=O)COc1cc(C(=O)O)ccc1Br. The zero-order valence-electron chi connectivity index (χ0n) is 11.4. The summed E-state index contributed by atoms with van der Waals surface area (Å²) in [5.74, 6) is -0.985. The maximum atomic E-state index is 12.0. The molecular weight excluding hydrogens is 338 g/mol. The maximum absolute atomic E-state index is 12.0. The van der Waals surface area contributed by atoms with Crippen molar-refractivity contribution >= 4 is 27.8 Å². The Morgan fingerprint density at radius 1 is 1.29 bits per heavy atom. The molecule has 0 aromatic heterocycles. The molecule has 0 aliphatic rings. The molecule has 0 atom stereocenters. The smallest absolute Gasteiger partial charge is 0.335 e. The van der Waals surface area contributed by atoms with Crippen molar-refractivity contribution in [1.29, 1.82) is 0 Å². The fraction of sp³-hybridized carbons (Fsp3) is 0.200. The number of ether oxygens (including phenoxy) is 1. The summed E-state index contributed by atoms with van der Waals surface area (Å²) in [6.45, 7) is 7.77. The van der Waals surface area contributed by atoms with Crippen LogP contribution in [-0.4, -0.2) is 41.6 Å². The summed E-state index contributed by atoms with van der Waals surface area (Å²) in [7, 11) is 0. The monoisotopic (exact) mass is 353 g/mol. The first-order chi connectivity index (χ1) is 9.99. The van der Waals surface area contributed by atoms with Crippen molar-refractivity contribution < 1.29 is 19.4 Å². The van der Waals surface area contributed by atoms with Crippen LogP contribution in [0.3, 0.4) is 0 Å². The number of carbonyl (C=O) groups excluding carboxylic acids is 1. The second kappa shape index (κ2) is 8.26. The molecule has 1 rings (SSSR count). The molecule has 0 fully saturated rings. The number of aromatic carboxylic acids is 1.